The maximum atomic E-state index is 8.50. The normalized spacial score (nSPS) is 2.25. The third-order valence-corrected chi connectivity index (χ3v) is 0. The van der Waals surface area contributed by atoms with Gasteiger partial charge in [0.15, 0.2) is 0 Å². The van der Waals surface area contributed by atoms with E-state index in [0.717, 1.165) is 0 Å². The van der Waals surface area contributed by atoms with Crippen molar-refractivity contribution < 1.29 is 94.9 Å². The van der Waals surface area contributed by atoms with E-state index in [4.69, 9.17) is 94.9 Å². The summed E-state index contributed by atoms with van der Waals surface area (Å²) in [5, 5.41) is 0. The van der Waals surface area contributed by atoms with Crippen LogP contribution in [-0.2, 0) is 45.3 Å². The van der Waals surface area contributed by atoms with Crippen LogP contribution in [0.3, 0.4) is 0 Å². The molecule has 0 saturated carbocycles. The van der Waals surface area contributed by atoms with Crippen molar-refractivity contribution in [2.24, 2.45) is 0 Å². The Bertz CT molecular complexity index is 299. The van der Waals surface area contributed by atoms with Gasteiger partial charge in [-0.05, 0) is 0 Å². The second-order valence-electron chi connectivity index (χ2n) is 1.00. The molecule has 0 bridgehead atoms. The van der Waals surface area contributed by atoms with Gasteiger partial charge in [0.05, 0.1) is 0 Å². The third-order valence-electron chi connectivity index (χ3n) is 0. The second-order valence-corrected chi connectivity index (χ2v) is 5.20. The Morgan fingerprint density at radius 1 is 0.141 bits per heavy atom. The fourth-order valence-corrected chi connectivity index (χ4v) is 0. The molecule has 0 heterocycles. The molecule has 0 aliphatic heterocycles. The van der Waals surface area contributed by atoms with Crippen LogP contribution in [0.25, 0.3) is 0 Å². The van der Waals surface area contributed by atoms with E-state index in [1.54, 1.807) is 0 Å². The molecule has 0 rings (SSSR count). The van der Waals surface area contributed by atoms with Gasteiger partial charge in [-0.15, -0.1) is 0 Å². The van der Waals surface area contributed by atoms with Crippen molar-refractivity contribution in [3.05, 3.63) is 0 Å². The fraction of sp³-hybridized carbons (Fsp3) is 0. The topological polar surface area (TPSA) is 482 Å². The van der Waals surface area contributed by atoms with Crippen LogP contribution in [0.4, 0.5) is 0 Å². The molecular weight excluding hydrogens is 3830 g/mol. The van der Waals surface area contributed by atoms with Gasteiger partial charge in [0, 0.05) is 0 Å². The van der Waals surface area contributed by atoms with Gasteiger partial charge in [-0.3, -0.25) is 0 Å². The van der Waals surface area contributed by atoms with Crippen molar-refractivity contribution in [2.45, 2.75) is 0 Å². The van der Waals surface area contributed by atoms with Crippen LogP contribution in [-0.4, -0.2) is 716 Å². The molecule has 64 heteroatoms. The predicted molar refractivity (Wildman–Crippen MR) is 322 cm³/mol. The third kappa shape index (κ3) is 1510. The predicted octanol–water partition coefficient (Wildman–Crippen LogP) is -47.0. The molecule has 0 aliphatic carbocycles. The first-order valence-electron chi connectivity index (χ1n) is 4.90. The Balaban J connectivity index is -0.00000000248. The van der Waals surface area contributed by atoms with Crippen LogP contribution in [0.15, 0.2) is 0 Å². The Morgan fingerprint density at radius 2 is 0.141 bits per heavy atom. The van der Waals surface area contributed by atoms with Gasteiger partial charge in [0.2, 0.25) is 0 Å². The Kier molecular flexibility index (Phi) is 2720. The molecule has 0 N–H and O–H groups in total. The molecule has 0 aromatic carbocycles. The van der Waals surface area contributed by atoms with Crippen molar-refractivity contribution in [3.63, 3.8) is 0 Å². The fourth-order valence-electron chi connectivity index (χ4n) is 0. The van der Waals surface area contributed by atoms with Gasteiger partial charge in [-0.1, -0.05) is 0 Å². The van der Waals surface area contributed by atoms with Crippen LogP contribution in [0.2, 0.25) is 0 Å². The van der Waals surface area contributed by atoms with Crippen LogP contribution < -0.4 is 49.6 Å². The summed E-state index contributed by atoms with van der Waals surface area (Å²) in [5.41, 5.74) is 0. The van der Waals surface area contributed by atoms with Crippen molar-refractivity contribution in [1.29, 1.82) is 0 Å². The summed E-state index contributed by atoms with van der Waals surface area (Å²) in [6, 6.07) is 0. The van der Waals surface area contributed by atoms with E-state index in [9.17, 15) is 0 Å². The first-order valence-corrected chi connectivity index (χ1v) is 25.5. The van der Waals surface area contributed by atoms with Crippen molar-refractivity contribution >= 4 is 716 Å². The van der Waals surface area contributed by atoms with Crippen LogP contribution in [0.1, 0.15) is 0 Å². The Hall–Kier alpha value is 18.3. The minimum atomic E-state index is -2.00. The van der Waals surface area contributed by atoms with Gasteiger partial charge < -0.3 is 0 Å². The second kappa shape index (κ2) is 571. The van der Waals surface area contributed by atoms with E-state index >= 15 is 0 Å². The van der Waals surface area contributed by atoms with E-state index in [0.29, 0.717) is 0 Å². The van der Waals surface area contributed by atoms with Crippen LogP contribution in [0.5, 0.6) is 0 Å². The molecule has 0 fully saturated rings. The zero-order valence-electron chi connectivity index (χ0n) is 38.1. The molecule has 64 heavy (non-hydrogen) atoms. The number of hydrogen-bond acceptors (Lipinski definition) is 24. The SMILES string of the molecule is [Bi+3].[Bi+3].[Bi+3].[Bi+3].[GeH2].[GeH2].[GeH2].[GeH2].[GeH2].[GeH2].[GeH2].[GeH2].[GeH2].[GeH2].[GeH2].[GeH2].[GeH3].[GeH3].[GeH3].[GeH3].[GeH3].[GeH3].[GeH3].[GeH3].[GeH3].[GeH3].[GeH3].[GeH3].[O]=[Ge][O-].[O]=[Ge][O-].[O]=[Ge][O-].[O]=[Ge][O-].[O]=[Ge][O-].[O]=[Ge][O-].[O]=[Ge][O-].[O]=[Ge][O-].[O]=[Ge][O-].[O]=[Ge][O-].[O]=[Ge][O-].[O]=[Ge][O-]. The van der Waals surface area contributed by atoms with E-state index in [-0.39, 0.29) is 527 Å². The zero-order valence-corrected chi connectivity index (χ0v) is 163. The molecule has 0 spiro atoms. The van der Waals surface area contributed by atoms with E-state index in [1.165, 1.54) is 0 Å². The standard InChI is InChI=1S/4Bi.12GeO2.12GeH3.12GeH2/c;;;;12*2-1-3;;;;;;;;;;;;;;;;;;;;;;;;/h;;;;;;;;;;;;;;;;12*1H3;12*1H2/q4*+3;12*-1;;;;;;;;;;;;;;;;;;;;;;;;. The van der Waals surface area contributed by atoms with E-state index in [1.807, 2.05) is 0 Å². The van der Waals surface area contributed by atoms with Gasteiger partial charge in [0.25, 0.3) is 0 Å². The van der Waals surface area contributed by atoms with Crippen molar-refractivity contribution in [1.82, 2.24) is 0 Å². The molecule has 0 aromatic heterocycles. The summed E-state index contributed by atoms with van der Waals surface area (Å²) in [4.78, 5) is 0. The molecule has 24 nitrogen and oxygen atoms in total. The minimum absolute atomic E-state index is 0. The van der Waals surface area contributed by atoms with Crippen molar-refractivity contribution in [2.75, 3.05) is 0 Å². The summed E-state index contributed by atoms with van der Waals surface area (Å²) < 4.78 is 204. The molecule has 0 saturated heterocycles. The molecule has 0 atom stereocenters. The zero-order chi connectivity index (χ0) is 32.5. The quantitative estimate of drug-likeness (QED) is 0.203. The first kappa shape index (κ1) is 304. The summed E-state index contributed by atoms with van der Waals surface area (Å²) in [7, 11) is 0. The summed E-state index contributed by atoms with van der Waals surface area (Å²) in [6.45, 7) is 0. The van der Waals surface area contributed by atoms with Crippen LogP contribution >= 0.6 is 0 Å². The molecular formula is H60Bi4Ge36O24. The maximum absolute atomic E-state index is 8.50. The molecule has 368 valence electrons. The monoisotopic (exact) mass is 3940 g/mol. The molecule has 0 aliphatic rings. The molecule has 0 unspecified atom stereocenters. The number of hydrogen-bond donors (Lipinski definition) is 0. The van der Waals surface area contributed by atoms with Gasteiger partial charge in [0.1, 0.15) is 0 Å². The first-order chi connectivity index (χ1) is 17.0. The van der Waals surface area contributed by atoms with Crippen molar-refractivity contribution in [3.8, 4) is 0 Å². The van der Waals surface area contributed by atoms with E-state index < -0.39 is 188 Å². The average molecular weight is 3890 g/mol. The van der Waals surface area contributed by atoms with Gasteiger partial charge in [-0.25, -0.2) is 0 Å². The van der Waals surface area contributed by atoms with E-state index in [2.05, 4.69) is 0 Å². The number of rotatable bonds is 0. The molecule has 56 radical (unpaired) electrons. The van der Waals surface area contributed by atoms with Gasteiger partial charge in [-0.2, -0.15) is 0 Å². The summed E-state index contributed by atoms with van der Waals surface area (Å²) >= 11 is -24.0. The molecule has 0 amide bonds. The summed E-state index contributed by atoms with van der Waals surface area (Å²) in [6.07, 6.45) is 0. The average Bonchev–Trinajstić information content (AvgIpc) is 2.75. The Labute approximate surface area is 790 Å². The molecule has 0 aromatic rings. The Morgan fingerprint density at radius 3 is 0.141 bits per heavy atom. The van der Waals surface area contributed by atoms with Crippen LogP contribution in [0, 0.1) is 0 Å². The summed E-state index contributed by atoms with van der Waals surface area (Å²) in [5.74, 6) is 0. The van der Waals surface area contributed by atoms with Gasteiger partial charge >= 0.3 is 811 Å².